The second-order valence-electron chi connectivity index (χ2n) is 24.3. The number of rotatable bonds is 10. The van der Waals surface area contributed by atoms with Crippen LogP contribution in [-0.2, 0) is 4.79 Å². The van der Waals surface area contributed by atoms with Gasteiger partial charge in [-0.3, -0.25) is 4.79 Å². The van der Waals surface area contributed by atoms with Crippen molar-refractivity contribution in [3.8, 4) is 0 Å². The summed E-state index contributed by atoms with van der Waals surface area (Å²) < 4.78 is 0. The second-order valence-corrected chi connectivity index (χ2v) is 24.3. The number of carbonyl (C=O) groups is 1. The molecule has 8 aliphatic rings. The predicted octanol–water partition coefficient (Wildman–Crippen LogP) is 9.35. The molecule has 0 aromatic rings. The zero-order chi connectivity index (χ0) is 44.6. The van der Waals surface area contributed by atoms with Crippen molar-refractivity contribution < 1.29 is 45.6 Å². The first kappa shape index (κ1) is 53.1. The number of hydrogen-bond acceptors (Lipinski definition) is 8. The van der Waals surface area contributed by atoms with Gasteiger partial charge < -0.3 is 40.9 Å². The molecule has 0 amide bonds. The average Bonchev–Trinajstić information content (AvgIpc) is 3.73. The maximum atomic E-state index is 11.7. The molecule has 0 aromatic carbocycles. The third-order valence-corrected chi connectivity index (χ3v) is 21.8. The van der Waals surface area contributed by atoms with Gasteiger partial charge in [-0.15, -0.1) is 0 Å². The van der Waals surface area contributed by atoms with Gasteiger partial charge in [0.15, 0.2) is 0 Å². The summed E-state index contributed by atoms with van der Waals surface area (Å²) >= 11 is 0. The minimum absolute atomic E-state index is 0. The lowest BCUT2D eigenvalue weighted by molar-refractivity contribution is -0.235. The van der Waals surface area contributed by atoms with Gasteiger partial charge in [0, 0.05) is 13.0 Å². The first-order valence-electron chi connectivity index (χ1n) is 25.6. The highest BCUT2D eigenvalue weighted by molar-refractivity contribution is 5.66. The number of aliphatic hydroxyl groups is 7. The molecule has 0 saturated heterocycles. The lowest BCUT2D eigenvalue weighted by Gasteiger charge is -2.66. The Morgan fingerprint density at radius 2 is 0.984 bits per heavy atom. The van der Waals surface area contributed by atoms with Gasteiger partial charge in [-0.05, 0) is 201 Å². The van der Waals surface area contributed by atoms with E-state index in [1.165, 1.54) is 6.42 Å². The first-order valence-corrected chi connectivity index (χ1v) is 25.6. The van der Waals surface area contributed by atoms with E-state index in [2.05, 4.69) is 55.4 Å². The number of carboxylic acids is 1. The predicted molar refractivity (Wildman–Crippen MR) is 251 cm³/mol. The molecule has 368 valence electrons. The highest BCUT2D eigenvalue weighted by Crippen LogP contribution is 2.71. The number of aliphatic carboxylic acids is 1. The smallest absolute Gasteiger partial charge is 0.303 e. The number of aliphatic hydroxyl groups excluding tert-OH is 7. The average molecular weight is 891 g/mol. The quantitative estimate of drug-likeness (QED) is 0.106. The molecule has 0 heterocycles. The molecule has 0 aromatic heterocycles. The lowest BCUT2D eigenvalue weighted by Crippen LogP contribution is -2.65. The monoisotopic (exact) mass is 891 g/mol. The van der Waals surface area contributed by atoms with E-state index < -0.39 is 18.2 Å². The minimum atomic E-state index is -0.734. The van der Waals surface area contributed by atoms with Crippen molar-refractivity contribution in [1.82, 2.24) is 0 Å². The number of fused-ring (bicyclic) bond motifs is 10. The fourth-order valence-corrected chi connectivity index (χ4v) is 19.3. The van der Waals surface area contributed by atoms with Crippen molar-refractivity contribution in [1.29, 1.82) is 0 Å². The van der Waals surface area contributed by atoms with E-state index in [1.54, 1.807) is 0 Å². The lowest BCUT2D eigenvalue weighted by atomic mass is 9.40. The highest BCUT2D eigenvalue weighted by Gasteiger charge is 2.69. The molecule has 9 nitrogen and oxygen atoms in total. The van der Waals surface area contributed by atoms with E-state index in [9.17, 15) is 40.5 Å². The van der Waals surface area contributed by atoms with Gasteiger partial charge in [-0.1, -0.05) is 83.1 Å². The van der Waals surface area contributed by atoms with Gasteiger partial charge in [-0.2, -0.15) is 0 Å². The van der Waals surface area contributed by atoms with Crippen LogP contribution in [0.15, 0.2) is 0 Å². The van der Waals surface area contributed by atoms with Crippen molar-refractivity contribution in [3.05, 3.63) is 0 Å². The number of hydrogen-bond donors (Lipinski definition) is 8. The zero-order valence-electron chi connectivity index (χ0n) is 39.5. The summed E-state index contributed by atoms with van der Waals surface area (Å²) in [5.41, 5.74) is 0.0178. The molecule has 0 aliphatic heterocycles. The Kier molecular flexibility index (Phi) is 16.9. The molecule has 0 bridgehead atoms. The minimum Gasteiger partial charge on any atom is -0.481 e. The van der Waals surface area contributed by atoms with Crippen molar-refractivity contribution in [2.24, 2.45) is 105 Å². The van der Waals surface area contributed by atoms with E-state index in [4.69, 9.17) is 5.11 Å². The Morgan fingerprint density at radius 1 is 0.587 bits per heavy atom. The van der Waals surface area contributed by atoms with Gasteiger partial charge >= 0.3 is 5.97 Å². The van der Waals surface area contributed by atoms with Crippen LogP contribution in [0.1, 0.15) is 186 Å². The fraction of sp³-hybridized carbons (Fsp3) is 0.981. The summed E-state index contributed by atoms with van der Waals surface area (Å²) in [6.07, 6.45) is 13.7. The van der Waals surface area contributed by atoms with E-state index in [0.29, 0.717) is 47.8 Å². The van der Waals surface area contributed by atoms with Crippen LogP contribution < -0.4 is 0 Å². The summed E-state index contributed by atoms with van der Waals surface area (Å²) in [5, 5.41) is 86.0. The molecular weight excluding hydrogens is 793 g/mol. The van der Waals surface area contributed by atoms with Crippen LogP contribution in [0, 0.1) is 105 Å². The van der Waals surface area contributed by atoms with E-state index in [1.807, 2.05) is 0 Å². The largest absolute Gasteiger partial charge is 0.481 e. The van der Waals surface area contributed by atoms with Crippen LogP contribution in [0.3, 0.4) is 0 Å². The molecule has 0 radical (unpaired) electrons. The molecular formula is C54H98O9. The van der Waals surface area contributed by atoms with E-state index >= 15 is 0 Å². The van der Waals surface area contributed by atoms with Crippen LogP contribution in [0.4, 0.5) is 0 Å². The van der Waals surface area contributed by atoms with Gasteiger partial charge in [-0.25, -0.2) is 0 Å². The van der Waals surface area contributed by atoms with E-state index in [-0.39, 0.29) is 115 Å². The molecule has 6 unspecified atom stereocenters. The van der Waals surface area contributed by atoms with Gasteiger partial charge in [0.1, 0.15) is 0 Å². The van der Waals surface area contributed by atoms with Gasteiger partial charge in [0.2, 0.25) is 0 Å². The third-order valence-electron chi connectivity index (χ3n) is 21.8. The standard InChI is InChI=1S/C26H44O5.C26H46O4.2CH4/c1-5-16-19-12-15(27)10-11-25(19,3)23-20(28)13-26(4)17(14(2)6-9-21(29)30)7-8-18(26)22(23)24(16)31;1-5-17-20-13-16(28)10-11-25(20,3)23-21(29)14-26(4)18(15(2)7-6-12-27)8-9-19(26)22(23)24(17)30;;/h14-20,22-24,27-28,31H,5-13H2,1-4H3,(H,29,30);15-24,27-30H,5-14H2,1-4H3;2*1H4/t14-,15-,16-,17-,18?,19+,20+,22?,23?,24-,25+,26-;15-,16-,17-,18-,19?,20+,21+,22?,23?,24-,25+,26-;;/m11../s1. The third kappa shape index (κ3) is 8.79. The van der Waals surface area contributed by atoms with Crippen molar-refractivity contribution >= 4 is 5.97 Å². The molecule has 24 atom stereocenters. The molecule has 8 fully saturated rings. The molecule has 8 aliphatic carbocycles. The van der Waals surface area contributed by atoms with Crippen molar-refractivity contribution in [2.75, 3.05) is 6.61 Å². The number of carboxylic acid groups (broad SMARTS) is 1. The topological polar surface area (TPSA) is 179 Å². The Hall–Kier alpha value is -0.810. The summed E-state index contributed by atoms with van der Waals surface area (Å²) in [4.78, 5) is 11.1. The van der Waals surface area contributed by atoms with Crippen LogP contribution in [-0.4, -0.2) is 90.1 Å². The molecule has 9 heteroatoms. The van der Waals surface area contributed by atoms with Crippen molar-refractivity contribution in [3.63, 3.8) is 0 Å². The Labute approximate surface area is 384 Å². The Balaban J connectivity index is 0.000000230. The van der Waals surface area contributed by atoms with Crippen LogP contribution in [0.2, 0.25) is 0 Å². The normalized spacial score (nSPS) is 51.7. The summed E-state index contributed by atoms with van der Waals surface area (Å²) in [5.74, 6) is 3.45. The maximum Gasteiger partial charge on any atom is 0.303 e. The molecule has 8 N–H and O–H groups in total. The fourth-order valence-electron chi connectivity index (χ4n) is 19.3. The second kappa shape index (κ2) is 20.0. The highest BCUT2D eigenvalue weighted by atomic mass is 16.4. The zero-order valence-corrected chi connectivity index (χ0v) is 39.5. The van der Waals surface area contributed by atoms with Crippen LogP contribution >= 0.6 is 0 Å². The van der Waals surface area contributed by atoms with Gasteiger partial charge in [0.25, 0.3) is 0 Å². The first-order chi connectivity index (χ1) is 28.7. The summed E-state index contributed by atoms with van der Waals surface area (Å²) in [6.45, 7) is 18.6. The van der Waals surface area contributed by atoms with Crippen molar-refractivity contribution in [2.45, 2.75) is 222 Å². The Morgan fingerprint density at radius 3 is 1.35 bits per heavy atom. The van der Waals surface area contributed by atoms with Crippen LogP contribution in [0.25, 0.3) is 0 Å². The molecule has 0 spiro atoms. The summed E-state index contributed by atoms with van der Waals surface area (Å²) in [7, 11) is 0. The molecule has 8 saturated carbocycles. The molecule has 63 heavy (non-hydrogen) atoms. The Bertz CT molecular complexity index is 1510. The molecule has 8 rings (SSSR count). The van der Waals surface area contributed by atoms with Gasteiger partial charge in [0.05, 0.1) is 36.6 Å². The SMILES string of the molecule is C.C.CC[C@H]1[C@@H](O)C2C3CC[C@H]([C@H](C)CCC(=O)O)[C@@]3(C)C[C@H](O)C2[C@@]2(C)CC[C@@H](O)C[C@@H]12.CC[C@H]1[C@@H](O)C2C3CC[C@H]([C@H](C)CCCO)[C@@]3(C)C[C@H](O)C2[C@@]2(C)CC[C@@H](O)C[C@@H]12. The van der Waals surface area contributed by atoms with E-state index in [0.717, 1.165) is 96.3 Å². The summed E-state index contributed by atoms with van der Waals surface area (Å²) in [6, 6.07) is 0. The maximum absolute atomic E-state index is 11.7. The van der Waals surface area contributed by atoms with Crippen LogP contribution in [0.5, 0.6) is 0 Å².